The summed E-state index contributed by atoms with van der Waals surface area (Å²) in [6.45, 7) is 0. The van der Waals surface area contributed by atoms with Gasteiger partial charge in [-0.05, 0) is 25.7 Å². The number of rotatable bonds is 4. The van der Waals surface area contributed by atoms with Gasteiger partial charge in [0, 0.05) is 19.2 Å². The minimum absolute atomic E-state index is 0.00221. The number of carbonyl (C=O) groups is 2. The lowest BCUT2D eigenvalue weighted by atomic mass is 9.88. The number of hydrogen-bond donors (Lipinski definition) is 1. The molecule has 3 aliphatic rings. The standard InChI is InChI=1S/C12H18N2O3/c1-17-9-4-7(5-9)13-10-6-11(15)14(12(10)16)8-2-3-8/h7-10,13H,2-6H2,1H3. The molecule has 1 aliphatic heterocycles. The van der Waals surface area contributed by atoms with Crippen molar-refractivity contribution in [1.82, 2.24) is 10.2 Å². The minimum Gasteiger partial charge on any atom is -0.381 e. The maximum atomic E-state index is 12.0. The molecule has 5 heteroatoms. The molecule has 94 valence electrons. The molecule has 2 saturated carbocycles. The Morgan fingerprint density at radius 1 is 1.29 bits per heavy atom. The highest BCUT2D eigenvalue weighted by molar-refractivity contribution is 6.06. The Morgan fingerprint density at radius 3 is 2.59 bits per heavy atom. The van der Waals surface area contributed by atoms with Crippen LogP contribution in [0, 0.1) is 0 Å². The van der Waals surface area contributed by atoms with E-state index in [0.717, 1.165) is 25.7 Å². The summed E-state index contributed by atoms with van der Waals surface area (Å²) in [5.41, 5.74) is 0. The number of hydrogen-bond acceptors (Lipinski definition) is 4. The largest absolute Gasteiger partial charge is 0.381 e. The van der Waals surface area contributed by atoms with Crippen LogP contribution in [0.3, 0.4) is 0 Å². The number of ether oxygens (including phenoxy) is 1. The van der Waals surface area contributed by atoms with Crippen LogP contribution in [-0.2, 0) is 14.3 Å². The quantitative estimate of drug-likeness (QED) is 0.703. The molecule has 0 bridgehead atoms. The molecular weight excluding hydrogens is 220 g/mol. The molecule has 1 N–H and O–H groups in total. The monoisotopic (exact) mass is 238 g/mol. The topological polar surface area (TPSA) is 58.6 Å². The van der Waals surface area contributed by atoms with Gasteiger partial charge >= 0.3 is 0 Å². The highest BCUT2D eigenvalue weighted by atomic mass is 16.5. The van der Waals surface area contributed by atoms with Gasteiger partial charge in [-0.25, -0.2) is 0 Å². The normalized spacial score (nSPS) is 37.5. The Bertz CT molecular complexity index is 348. The summed E-state index contributed by atoms with van der Waals surface area (Å²) in [5.74, 6) is -0.0176. The molecule has 1 saturated heterocycles. The molecule has 0 spiro atoms. The Labute approximate surface area is 100 Å². The molecule has 0 aromatic rings. The van der Waals surface area contributed by atoms with Gasteiger partial charge < -0.3 is 10.1 Å². The zero-order valence-corrected chi connectivity index (χ0v) is 10.0. The van der Waals surface area contributed by atoms with Crippen LogP contribution in [0.2, 0.25) is 0 Å². The van der Waals surface area contributed by atoms with E-state index in [4.69, 9.17) is 4.74 Å². The zero-order chi connectivity index (χ0) is 12.0. The Kier molecular flexibility index (Phi) is 2.67. The van der Waals surface area contributed by atoms with Crippen LogP contribution < -0.4 is 5.32 Å². The fourth-order valence-corrected chi connectivity index (χ4v) is 2.68. The number of carbonyl (C=O) groups excluding carboxylic acids is 2. The number of likely N-dealkylation sites (tertiary alicyclic amines) is 1. The van der Waals surface area contributed by atoms with Crippen molar-refractivity contribution < 1.29 is 14.3 Å². The van der Waals surface area contributed by atoms with Crippen LogP contribution in [0.4, 0.5) is 0 Å². The molecule has 3 fully saturated rings. The van der Waals surface area contributed by atoms with E-state index in [2.05, 4.69) is 5.32 Å². The van der Waals surface area contributed by atoms with Crippen LogP contribution in [-0.4, -0.2) is 48.1 Å². The number of amides is 2. The summed E-state index contributed by atoms with van der Waals surface area (Å²) in [4.78, 5) is 25.2. The van der Waals surface area contributed by atoms with E-state index in [1.54, 1.807) is 7.11 Å². The first kappa shape index (κ1) is 11.2. The lowest BCUT2D eigenvalue weighted by Gasteiger charge is -2.36. The van der Waals surface area contributed by atoms with Gasteiger partial charge in [-0.2, -0.15) is 0 Å². The maximum absolute atomic E-state index is 12.0. The molecule has 17 heavy (non-hydrogen) atoms. The highest BCUT2D eigenvalue weighted by Crippen LogP contribution is 2.32. The molecule has 5 nitrogen and oxygen atoms in total. The first-order valence-corrected chi connectivity index (χ1v) is 6.33. The maximum Gasteiger partial charge on any atom is 0.247 e. The van der Waals surface area contributed by atoms with Gasteiger partial charge in [0.2, 0.25) is 11.8 Å². The van der Waals surface area contributed by atoms with Crippen LogP contribution in [0.1, 0.15) is 32.1 Å². The van der Waals surface area contributed by atoms with Crippen molar-refractivity contribution in [1.29, 1.82) is 0 Å². The van der Waals surface area contributed by atoms with Gasteiger partial charge in [-0.15, -0.1) is 0 Å². The third-order valence-corrected chi connectivity index (χ3v) is 3.96. The van der Waals surface area contributed by atoms with Crippen molar-refractivity contribution in [3.05, 3.63) is 0 Å². The second kappa shape index (κ2) is 4.07. The third kappa shape index (κ3) is 1.98. The molecule has 0 aromatic carbocycles. The molecule has 3 rings (SSSR count). The van der Waals surface area contributed by atoms with E-state index >= 15 is 0 Å². The first-order chi connectivity index (χ1) is 8.19. The molecule has 1 atom stereocenters. The summed E-state index contributed by atoms with van der Waals surface area (Å²) < 4.78 is 5.20. The second-order valence-corrected chi connectivity index (χ2v) is 5.28. The summed E-state index contributed by atoms with van der Waals surface area (Å²) >= 11 is 0. The van der Waals surface area contributed by atoms with Gasteiger partial charge in [0.25, 0.3) is 0 Å². The Balaban J connectivity index is 1.55. The van der Waals surface area contributed by atoms with E-state index in [1.165, 1.54) is 4.90 Å². The second-order valence-electron chi connectivity index (χ2n) is 5.28. The highest BCUT2D eigenvalue weighted by Gasteiger charge is 2.47. The molecule has 2 aliphatic carbocycles. The summed E-state index contributed by atoms with van der Waals surface area (Å²) in [5, 5.41) is 3.28. The molecule has 0 radical (unpaired) electrons. The van der Waals surface area contributed by atoms with E-state index in [0.29, 0.717) is 18.6 Å². The first-order valence-electron chi connectivity index (χ1n) is 6.33. The predicted molar refractivity (Wildman–Crippen MR) is 60.2 cm³/mol. The minimum atomic E-state index is -0.286. The van der Waals surface area contributed by atoms with Crippen molar-refractivity contribution in [3.63, 3.8) is 0 Å². The molecule has 0 aromatic heterocycles. The van der Waals surface area contributed by atoms with E-state index < -0.39 is 0 Å². The van der Waals surface area contributed by atoms with Crippen molar-refractivity contribution in [2.75, 3.05) is 7.11 Å². The molecule has 1 unspecified atom stereocenters. The van der Waals surface area contributed by atoms with Crippen molar-refractivity contribution in [3.8, 4) is 0 Å². The average molecular weight is 238 g/mol. The molecule has 2 amide bonds. The van der Waals surface area contributed by atoms with Crippen LogP contribution in [0.25, 0.3) is 0 Å². The predicted octanol–water partition coefficient (Wildman–Crippen LogP) is 0.0433. The van der Waals surface area contributed by atoms with Crippen molar-refractivity contribution in [2.45, 2.75) is 56.3 Å². The third-order valence-electron chi connectivity index (χ3n) is 3.96. The molecule has 1 heterocycles. The SMILES string of the molecule is COC1CC(NC2CC(=O)N(C3CC3)C2=O)C1. The fraction of sp³-hybridized carbons (Fsp3) is 0.833. The van der Waals surface area contributed by atoms with E-state index in [1.807, 2.05) is 0 Å². The van der Waals surface area contributed by atoms with Gasteiger partial charge in [-0.1, -0.05) is 0 Å². The van der Waals surface area contributed by atoms with Crippen molar-refractivity contribution >= 4 is 11.8 Å². The van der Waals surface area contributed by atoms with Crippen molar-refractivity contribution in [2.24, 2.45) is 0 Å². The number of imide groups is 1. The Morgan fingerprint density at radius 2 is 2.00 bits per heavy atom. The summed E-state index contributed by atoms with van der Waals surface area (Å²) in [7, 11) is 1.71. The number of methoxy groups -OCH3 is 1. The number of nitrogens with one attached hydrogen (secondary N) is 1. The Hall–Kier alpha value is -0.940. The van der Waals surface area contributed by atoms with E-state index in [-0.39, 0.29) is 23.9 Å². The van der Waals surface area contributed by atoms with Crippen LogP contribution in [0.15, 0.2) is 0 Å². The lowest BCUT2D eigenvalue weighted by Crippen LogP contribution is -2.51. The van der Waals surface area contributed by atoms with Crippen LogP contribution >= 0.6 is 0 Å². The fourth-order valence-electron chi connectivity index (χ4n) is 2.68. The number of nitrogens with zero attached hydrogens (tertiary/aromatic N) is 1. The molecular formula is C12H18N2O3. The van der Waals surface area contributed by atoms with Gasteiger partial charge in [0.05, 0.1) is 18.6 Å². The average Bonchev–Trinajstić information content (AvgIpc) is 3.01. The van der Waals surface area contributed by atoms with Gasteiger partial charge in [0.1, 0.15) is 0 Å². The lowest BCUT2D eigenvalue weighted by molar-refractivity contribution is -0.139. The van der Waals surface area contributed by atoms with E-state index in [9.17, 15) is 9.59 Å². The smallest absolute Gasteiger partial charge is 0.247 e. The van der Waals surface area contributed by atoms with Crippen LogP contribution in [0.5, 0.6) is 0 Å². The van der Waals surface area contributed by atoms with Gasteiger partial charge in [0.15, 0.2) is 0 Å². The van der Waals surface area contributed by atoms with Gasteiger partial charge in [-0.3, -0.25) is 14.5 Å². The summed E-state index contributed by atoms with van der Waals surface area (Å²) in [6.07, 6.45) is 4.51. The summed E-state index contributed by atoms with van der Waals surface area (Å²) in [6, 6.07) is 0.252. The zero-order valence-electron chi connectivity index (χ0n) is 10.0.